The number of imide groups is 2. The van der Waals surface area contributed by atoms with Crippen LogP contribution in [0.4, 0.5) is 9.59 Å². The highest BCUT2D eigenvalue weighted by atomic mass is 16.6. The third kappa shape index (κ3) is 8.38. The number of nitriles is 1. The van der Waals surface area contributed by atoms with Gasteiger partial charge < -0.3 is 9.47 Å². The van der Waals surface area contributed by atoms with Crippen molar-refractivity contribution in [2.75, 3.05) is 6.54 Å². The van der Waals surface area contributed by atoms with Gasteiger partial charge in [0.05, 0.1) is 28.3 Å². The summed E-state index contributed by atoms with van der Waals surface area (Å²) in [5.41, 5.74) is 1.87. The van der Waals surface area contributed by atoms with Crippen molar-refractivity contribution in [3.05, 3.63) is 70.8 Å². The number of hydrogen-bond acceptors (Lipinski definition) is 9. The number of fused-ring (bicyclic) bond motifs is 2. The van der Waals surface area contributed by atoms with Crippen molar-refractivity contribution >= 4 is 35.8 Å². The lowest BCUT2D eigenvalue weighted by atomic mass is 10.1. The molecule has 6 amide bonds. The summed E-state index contributed by atoms with van der Waals surface area (Å²) in [5, 5.41) is 9.85. The Hall–Kier alpha value is -5.25. The minimum atomic E-state index is -0.845. The van der Waals surface area contributed by atoms with Gasteiger partial charge in [0.1, 0.15) is 11.2 Å². The molecule has 0 atom stereocenters. The van der Waals surface area contributed by atoms with Gasteiger partial charge in [-0.3, -0.25) is 19.2 Å². The quantitative estimate of drug-likeness (QED) is 0.496. The molecule has 0 spiro atoms. The summed E-state index contributed by atoms with van der Waals surface area (Å²) in [6.45, 7) is 13.5. The Morgan fingerprint density at radius 1 is 0.767 bits per heavy atom. The van der Waals surface area contributed by atoms with Crippen LogP contribution >= 0.6 is 0 Å². The van der Waals surface area contributed by atoms with Crippen molar-refractivity contribution in [3.8, 4) is 6.07 Å². The first-order chi connectivity index (χ1) is 20.0. The van der Waals surface area contributed by atoms with Crippen LogP contribution in [0.3, 0.4) is 0 Å². The van der Waals surface area contributed by atoms with Crippen LogP contribution in [0.5, 0.6) is 0 Å². The van der Waals surface area contributed by atoms with Crippen LogP contribution in [0, 0.1) is 11.3 Å². The van der Waals surface area contributed by atoms with E-state index in [0.717, 1.165) is 10.0 Å². The van der Waals surface area contributed by atoms with E-state index < -0.39 is 47.0 Å². The summed E-state index contributed by atoms with van der Waals surface area (Å²) in [6.07, 6.45) is -1.57. The SMILES string of the molecule is CC#N.CC(C)(C)OC(=O)NN1C(=O)c2ccccc2C1=O.CCN(C(=O)OC(C)(C)C)N1C(=O)c2ccccc2C1=O. The molecule has 2 aliphatic rings. The van der Waals surface area contributed by atoms with Crippen molar-refractivity contribution in [3.63, 3.8) is 0 Å². The van der Waals surface area contributed by atoms with E-state index in [4.69, 9.17) is 14.7 Å². The monoisotopic (exact) mass is 593 g/mol. The van der Waals surface area contributed by atoms with Gasteiger partial charge in [-0.15, -0.1) is 0 Å². The van der Waals surface area contributed by atoms with Crippen LogP contribution in [0.1, 0.15) is 96.8 Å². The van der Waals surface area contributed by atoms with E-state index in [-0.39, 0.29) is 17.7 Å². The molecule has 0 bridgehead atoms. The van der Waals surface area contributed by atoms with Gasteiger partial charge in [-0.2, -0.15) is 15.3 Å². The normalized spacial score (nSPS) is 13.5. The van der Waals surface area contributed by atoms with Crippen LogP contribution in [-0.4, -0.2) is 68.6 Å². The number of amides is 6. The number of nitrogens with zero attached hydrogens (tertiary/aromatic N) is 4. The largest absolute Gasteiger partial charge is 0.443 e. The van der Waals surface area contributed by atoms with E-state index in [0.29, 0.717) is 16.1 Å². The predicted molar refractivity (Wildman–Crippen MR) is 153 cm³/mol. The molecular formula is C30H35N5O8. The Labute approximate surface area is 249 Å². The Balaban J connectivity index is 0.000000276. The average molecular weight is 594 g/mol. The molecule has 0 fully saturated rings. The fourth-order valence-electron chi connectivity index (χ4n) is 3.75. The first-order valence-electron chi connectivity index (χ1n) is 13.2. The van der Waals surface area contributed by atoms with Crippen LogP contribution < -0.4 is 5.43 Å². The minimum absolute atomic E-state index is 0.153. The Morgan fingerprint density at radius 2 is 1.12 bits per heavy atom. The summed E-state index contributed by atoms with van der Waals surface area (Å²) in [5.74, 6) is -2.15. The second kappa shape index (κ2) is 13.6. The molecule has 13 nitrogen and oxygen atoms in total. The van der Waals surface area contributed by atoms with E-state index in [9.17, 15) is 28.8 Å². The lowest BCUT2D eigenvalue weighted by Crippen LogP contribution is -2.51. The molecule has 43 heavy (non-hydrogen) atoms. The molecule has 0 aromatic heterocycles. The number of carbonyl (C=O) groups excluding carboxylic acids is 6. The van der Waals surface area contributed by atoms with Gasteiger partial charge in [0.2, 0.25) is 0 Å². The van der Waals surface area contributed by atoms with Crippen LogP contribution in [0.2, 0.25) is 0 Å². The summed E-state index contributed by atoms with van der Waals surface area (Å²) in [7, 11) is 0. The molecule has 2 aromatic carbocycles. The van der Waals surface area contributed by atoms with Crippen molar-refractivity contribution in [1.82, 2.24) is 20.5 Å². The number of hydrazine groups is 2. The second-order valence-corrected chi connectivity index (χ2v) is 11.0. The van der Waals surface area contributed by atoms with Gasteiger partial charge in [0.25, 0.3) is 23.6 Å². The number of hydrogen-bond donors (Lipinski definition) is 1. The molecule has 2 aromatic rings. The Kier molecular flexibility index (Phi) is 10.7. The minimum Gasteiger partial charge on any atom is -0.443 e. The van der Waals surface area contributed by atoms with Crippen LogP contribution in [0.25, 0.3) is 0 Å². The Bertz CT molecular complexity index is 1400. The fraction of sp³-hybridized carbons (Fsp3) is 0.367. The summed E-state index contributed by atoms with van der Waals surface area (Å²) in [4.78, 5) is 72.3. The predicted octanol–water partition coefficient (Wildman–Crippen LogP) is 4.71. The van der Waals surface area contributed by atoms with Crippen LogP contribution in [0.15, 0.2) is 48.5 Å². The van der Waals surface area contributed by atoms with E-state index >= 15 is 0 Å². The molecule has 2 heterocycles. The zero-order valence-corrected chi connectivity index (χ0v) is 25.4. The topological polar surface area (TPSA) is 166 Å². The highest BCUT2D eigenvalue weighted by Gasteiger charge is 2.42. The number of nitrogens with one attached hydrogen (secondary N) is 1. The average Bonchev–Trinajstić information content (AvgIpc) is 3.29. The third-order valence-corrected chi connectivity index (χ3v) is 5.31. The molecule has 2 aliphatic heterocycles. The van der Waals surface area contributed by atoms with Gasteiger partial charge in [0.15, 0.2) is 0 Å². The van der Waals surface area contributed by atoms with Gasteiger partial charge >= 0.3 is 12.2 Å². The molecule has 0 saturated heterocycles. The third-order valence-electron chi connectivity index (χ3n) is 5.31. The first kappa shape index (κ1) is 34.0. The lowest BCUT2D eigenvalue weighted by Gasteiger charge is -2.31. The van der Waals surface area contributed by atoms with Crippen molar-refractivity contribution in [2.45, 2.75) is 66.6 Å². The van der Waals surface area contributed by atoms with E-state index in [2.05, 4.69) is 5.43 Å². The first-order valence-corrected chi connectivity index (χ1v) is 13.2. The summed E-state index contributed by atoms with van der Waals surface area (Å²) >= 11 is 0. The second-order valence-electron chi connectivity index (χ2n) is 11.0. The molecule has 13 heteroatoms. The fourth-order valence-corrected chi connectivity index (χ4v) is 3.75. The zero-order valence-electron chi connectivity index (χ0n) is 25.4. The smallest absolute Gasteiger partial charge is 0.429 e. The molecule has 0 unspecified atom stereocenters. The van der Waals surface area contributed by atoms with Gasteiger partial charge in [-0.05, 0) is 72.7 Å². The van der Waals surface area contributed by atoms with Crippen molar-refractivity contribution in [1.29, 1.82) is 5.26 Å². The van der Waals surface area contributed by atoms with Gasteiger partial charge in [0, 0.05) is 13.5 Å². The number of rotatable bonds is 3. The summed E-state index contributed by atoms with van der Waals surface area (Å²) in [6, 6.07) is 14.6. The maximum Gasteiger partial charge on any atom is 0.429 e. The maximum absolute atomic E-state index is 12.3. The highest BCUT2D eigenvalue weighted by Crippen LogP contribution is 2.25. The molecule has 0 radical (unpaired) electrons. The molecule has 0 aliphatic carbocycles. The zero-order chi connectivity index (χ0) is 32.7. The van der Waals surface area contributed by atoms with Crippen molar-refractivity contribution in [2.24, 2.45) is 0 Å². The number of benzene rings is 2. The van der Waals surface area contributed by atoms with E-state index in [1.807, 2.05) is 0 Å². The molecule has 228 valence electrons. The Morgan fingerprint density at radius 3 is 1.44 bits per heavy atom. The highest BCUT2D eigenvalue weighted by molar-refractivity contribution is 6.22. The molecular weight excluding hydrogens is 558 g/mol. The molecule has 4 rings (SSSR count). The van der Waals surface area contributed by atoms with E-state index in [1.54, 1.807) is 90.9 Å². The maximum atomic E-state index is 12.3. The molecule has 0 saturated carbocycles. The van der Waals surface area contributed by atoms with Gasteiger partial charge in [-0.1, -0.05) is 24.3 Å². The standard InChI is InChI=1S/C15H18N2O4.C13H14N2O4.C2H3N/c1-5-16(14(20)21-15(2,3)4)17-12(18)10-8-6-7-9-11(10)13(17)19;1-13(2,3)19-12(18)14-15-10(16)8-6-4-5-7-9(8)11(15)17;1-2-3/h6-9H,5H2,1-4H3;4-7H,1-3H3,(H,14,18);1H3. The number of carbonyl (C=O) groups is 6. The van der Waals surface area contributed by atoms with E-state index in [1.165, 1.54) is 19.1 Å². The molecule has 1 N–H and O–H groups in total. The number of ether oxygens (including phenoxy) is 2. The van der Waals surface area contributed by atoms with Crippen molar-refractivity contribution < 1.29 is 38.2 Å². The van der Waals surface area contributed by atoms with Gasteiger partial charge in [-0.25, -0.2) is 20.0 Å². The lowest BCUT2D eigenvalue weighted by molar-refractivity contribution is -0.0268. The summed E-state index contributed by atoms with van der Waals surface area (Å²) < 4.78 is 10.2. The van der Waals surface area contributed by atoms with Crippen LogP contribution in [-0.2, 0) is 9.47 Å².